The van der Waals surface area contributed by atoms with Gasteiger partial charge in [0.05, 0.1) is 6.61 Å². The minimum Gasteiger partial charge on any atom is -0.494 e. The molecule has 21 heavy (non-hydrogen) atoms. The predicted octanol–water partition coefficient (Wildman–Crippen LogP) is 4.07. The van der Waals surface area contributed by atoms with Crippen LogP contribution in [0.15, 0.2) is 48.5 Å². The van der Waals surface area contributed by atoms with E-state index in [1.807, 2.05) is 48.5 Å². The summed E-state index contributed by atoms with van der Waals surface area (Å²) in [4.78, 5) is 0. The van der Waals surface area contributed by atoms with Gasteiger partial charge in [-0.3, -0.25) is 0 Å². The quantitative estimate of drug-likeness (QED) is 0.779. The van der Waals surface area contributed by atoms with Crippen molar-refractivity contribution in [2.75, 3.05) is 13.2 Å². The van der Waals surface area contributed by atoms with Gasteiger partial charge in [0.15, 0.2) is 0 Å². The lowest BCUT2D eigenvalue weighted by atomic mass is 10.2. The number of hydrogen-bond acceptors (Lipinski definition) is 3. The van der Waals surface area contributed by atoms with Crippen LogP contribution in [0.3, 0.4) is 0 Å². The summed E-state index contributed by atoms with van der Waals surface area (Å²) in [6, 6.07) is 15.2. The first-order valence-corrected chi connectivity index (χ1v) is 6.96. The van der Waals surface area contributed by atoms with Crippen LogP contribution >= 0.6 is 24.0 Å². The first kappa shape index (κ1) is 17.6. The lowest BCUT2D eigenvalue weighted by Crippen LogP contribution is -2.06. The Balaban J connectivity index is 0.00000220. The van der Waals surface area contributed by atoms with Gasteiger partial charge >= 0.3 is 0 Å². The molecule has 0 saturated heterocycles. The fourth-order valence-electron chi connectivity index (χ4n) is 1.65. The zero-order chi connectivity index (χ0) is 14.2. The van der Waals surface area contributed by atoms with E-state index >= 15 is 0 Å². The minimum atomic E-state index is 0. The molecule has 2 rings (SSSR count). The summed E-state index contributed by atoms with van der Waals surface area (Å²) in [5, 5.41) is 0.729. The molecule has 0 saturated carbocycles. The van der Waals surface area contributed by atoms with Crippen LogP contribution in [0.5, 0.6) is 11.5 Å². The van der Waals surface area contributed by atoms with Gasteiger partial charge < -0.3 is 15.2 Å². The molecule has 2 N–H and O–H groups in total. The third-order valence-electron chi connectivity index (χ3n) is 2.76. The number of benzene rings is 2. The Morgan fingerprint density at radius 3 is 2.00 bits per heavy atom. The third-order valence-corrected chi connectivity index (χ3v) is 3.01. The Morgan fingerprint density at radius 2 is 1.43 bits per heavy atom. The fourth-order valence-corrected chi connectivity index (χ4v) is 1.78. The highest BCUT2D eigenvalue weighted by Gasteiger charge is 1.98. The SMILES string of the molecule is Cl.NCCCOc1ccc(OCc2ccc(Cl)cc2)cc1. The van der Waals surface area contributed by atoms with E-state index in [4.69, 9.17) is 26.8 Å². The summed E-state index contributed by atoms with van der Waals surface area (Å²) in [5.74, 6) is 1.64. The van der Waals surface area contributed by atoms with E-state index in [2.05, 4.69) is 0 Å². The number of rotatable bonds is 7. The molecule has 2 aromatic rings. The van der Waals surface area contributed by atoms with Crippen molar-refractivity contribution < 1.29 is 9.47 Å². The standard InChI is InChI=1S/C16H18ClNO2.ClH/c17-14-4-2-13(3-5-14)12-20-16-8-6-15(7-9-16)19-11-1-10-18;/h2-9H,1,10-12,18H2;1H. The van der Waals surface area contributed by atoms with Gasteiger partial charge in [-0.25, -0.2) is 0 Å². The molecular formula is C16H19Cl2NO2. The Labute approximate surface area is 136 Å². The Bertz CT molecular complexity index is 515. The van der Waals surface area contributed by atoms with E-state index in [1.165, 1.54) is 0 Å². The van der Waals surface area contributed by atoms with Crippen LogP contribution in [-0.4, -0.2) is 13.2 Å². The maximum atomic E-state index is 5.84. The Morgan fingerprint density at radius 1 is 0.857 bits per heavy atom. The summed E-state index contributed by atoms with van der Waals surface area (Å²) in [7, 11) is 0. The van der Waals surface area contributed by atoms with E-state index < -0.39 is 0 Å². The monoisotopic (exact) mass is 327 g/mol. The smallest absolute Gasteiger partial charge is 0.120 e. The van der Waals surface area contributed by atoms with Crippen molar-refractivity contribution in [1.29, 1.82) is 0 Å². The van der Waals surface area contributed by atoms with Crippen LogP contribution in [0.25, 0.3) is 0 Å². The average Bonchev–Trinajstić information content (AvgIpc) is 2.48. The second-order valence-corrected chi connectivity index (χ2v) is 4.81. The lowest BCUT2D eigenvalue weighted by Gasteiger charge is -2.08. The first-order chi connectivity index (χ1) is 9.78. The van der Waals surface area contributed by atoms with Crippen LogP contribution in [0.1, 0.15) is 12.0 Å². The molecule has 0 aliphatic rings. The van der Waals surface area contributed by atoms with Crippen LogP contribution in [0.4, 0.5) is 0 Å². The highest BCUT2D eigenvalue weighted by Crippen LogP contribution is 2.19. The van der Waals surface area contributed by atoms with Gasteiger partial charge in [0, 0.05) is 5.02 Å². The van der Waals surface area contributed by atoms with Crippen LogP contribution in [0.2, 0.25) is 5.02 Å². The van der Waals surface area contributed by atoms with Crippen molar-refractivity contribution in [3.63, 3.8) is 0 Å². The van der Waals surface area contributed by atoms with Crippen molar-refractivity contribution in [2.24, 2.45) is 5.73 Å². The van der Waals surface area contributed by atoms with E-state index in [-0.39, 0.29) is 12.4 Å². The van der Waals surface area contributed by atoms with Crippen molar-refractivity contribution in [2.45, 2.75) is 13.0 Å². The second kappa shape index (κ2) is 9.50. The minimum absolute atomic E-state index is 0. The van der Waals surface area contributed by atoms with Crippen molar-refractivity contribution in [1.82, 2.24) is 0 Å². The fraction of sp³-hybridized carbons (Fsp3) is 0.250. The normalized spacial score (nSPS) is 9.81. The van der Waals surface area contributed by atoms with Crippen LogP contribution in [-0.2, 0) is 6.61 Å². The number of ether oxygens (including phenoxy) is 2. The molecule has 0 fully saturated rings. The van der Waals surface area contributed by atoms with Gasteiger partial charge in [-0.05, 0) is 54.9 Å². The molecule has 114 valence electrons. The van der Waals surface area contributed by atoms with Crippen molar-refractivity contribution >= 4 is 24.0 Å². The average molecular weight is 328 g/mol. The molecule has 0 bridgehead atoms. The molecule has 0 spiro atoms. The Kier molecular flexibility index (Phi) is 7.98. The largest absolute Gasteiger partial charge is 0.494 e. The zero-order valence-corrected chi connectivity index (χ0v) is 13.2. The van der Waals surface area contributed by atoms with Gasteiger partial charge in [0.25, 0.3) is 0 Å². The first-order valence-electron chi connectivity index (χ1n) is 6.58. The summed E-state index contributed by atoms with van der Waals surface area (Å²) >= 11 is 5.84. The van der Waals surface area contributed by atoms with E-state index in [0.29, 0.717) is 19.8 Å². The molecule has 5 heteroatoms. The van der Waals surface area contributed by atoms with Gasteiger partial charge in [0.2, 0.25) is 0 Å². The summed E-state index contributed by atoms with van der Waals surface area (Å²) in [6.07, 6.45) is 0.856. The van der Waals surface area contributed by atoms with E-state index in [9.17, 15) is 0 Å². The molecule has 0 unspecified atom stereocenters. The summed E-state index contributed by atoms with van der Waals surface area (Å²) in [5.41, 5.74) is 6.49. The second-order valence-electron chi connectivity index (χ2n) is 4.38. The topological polar surface area (TPSA) is 44.5 Å². The summed E-state index contributed by atoms with van der Waals surface area (Å²) in [6.45, 7) is 1.80. The molecular weight excluding hydrogens is 309 g/mol. The molecule has 0 aliphatic heterocycles. The van der Waals surface area contributed by atoms with Crippen LogP contribution in [0, 0.1) is 0 Å². The van der Waals surface area contributed by atoms with Gasteiger partial charge in [-0.2, -0.15) is 0 Å². The zero-order valence-electron chi connectivity index (χ0n) is 11.6. The van der Waals surface area contributed by atoms with E-state index in [1.54, 1.807) is 0 Å². The molecule has 0 heterocycles. The van der Waals surface area contributed by atoms with Gasteiger partial charge in [0.1, 0.15) is 18.1 Å². The molecule has 0 atom stereocenters. The highest BCUT2D eigenvalue weighted by molar-refractivity contribution is 6.30. The van der Waals surface area contributed by atoms with Gasteiger partial charge in [-0.1, -0.05) is 23.7 Å². The van der Waals surface area contributed by atoms with Crippen LogP contribution < -0.4 is 15.2 Å². The predicted molar refractivity (Wildman–Crippen MR) is 88.6 cm³/mol. The highest BCUT2D eigenvalue weighted by atomic mass is 35.5. The van der Waals surface area contributed by atoms with Crippen molar-refractivity contribution in [3.8, 4) is 11.5 Å². The molecule has 2 aromatic carbocycles. The maximum absolute atomic E-state index is 5.84. The van der Waals surface area contributed by atoms with Crippen molar-refractivity contribution in [3.05, 3.63) is 59.1 Å². The Hall–Kier alpha value is -1.42. The molecule has 3 nitrogen and oxygen atoms in total. The maximum Gasteiger partial charge on any atom is 0.120 e. The number of nitrogens with two attached hydrogens (primary N) is 1. The third kappa shape index (κ3) is 6.25. The summed E-state index contributed by atoms with van der Waals surface area (Å²) < 4.78 is 11.2. The van der Waals surface area contributed by atoms with Gasteiger partial charge in [-0.15, -0.1) is 12.4 Å². The molecule has 0 amide bonds. The number of hydrogen-bond donors (Lipinski definition) is 1. The lowest BCUT2D eigenvalue weighted by molar-refractivity contribution is 0.300. The number of halogens is 2. The molecule has 0 aliphatic carbocycles. The molecule has 0 aromatic heterocycles. The molecule has 0 radical (unpaired) electrons. The van der Waals surface area contributed by atoms with E-state index in [0.717, 1.165) is 28.5 Å².